The molecule has 2 unspecified atom stereocenters. The second-order valence-corrected chi connectivity index (χ2v) is 6.70. The summed E-state index contributed by atoms with van der Waals surface area (Å²) >= 11 is 0. The zero-order chi connectivity index (χ0) is 15.7. The number of aliphatic hydroxyl groups is 1. The molecular weight excluding hydrogens is 277 g/mol. The minimum absolute atomic E-state index is 0.439. The maximum atomic E-state index is 12.5. The second-order valence-electron chi connectivity index (χ2n) is 6.70. The highest BCUT2D eigenvalue weighted by molar-refractivity contribution is 5.25. The SMILES string of the molecule is CC(C)C1CCCC(O)(Cc2ccc(C(F)(F)F)cc2)C1. The number of rotatable bonds is 3. The Bertz CT molecular complexity index is 464. The topological polar surface area (TPSA) is 20.2 Å². The molecule has 1 aromatic carbocycles. The van der Waals surface area contributed by atoms with E-state index in [1.165, 1.54) is 12.1 Å². The summed E-state index contributed by atoms with van der Waals surface area (Å²) in [5, 5.41) is 10.8. The maximum absolute atomic E-state index is 12.5. The zero-order valence-corrected chi connectivity index (χ0v) is 12.6. The fraction of sp³-hybridized carbons (Fsp3) is 0.647. The molecule has 2 atom stereocenters. The minimum Gasteiger partial charge on any atom is -0.390 e. The number of halogens is 3. The van der Waals surface area contributed by atoms with Gasteiger partial charge in [0.15, 0.2) is 0 Å². The van der Waals surface area contributed by atoms with Gasteiger partial charge in [0, 0.05) is 6.42 Å². The number of benzene rings is 1. The number of hydrogen-bond donors (Lipinski definition) is 1. The molecule has 1 saturated carbocycles. The van der Waals surface area contributed by atoms with Crippen LogP contribution in [0.1, 0.15) is 50.7 Å². The van der Waals surface area contributed by atoms with Crippen LogP contribution in [-0.2, 0) is 12.6 Å². The van der Waals surface area contributed by atoms with Crippen molar-refractivity contribution in [3.8, 4) is 0 Å². The van der Waals surface area contributed by atoms with E-state index in [-0.39, 0.29) is 0 Å². The molecule has 4 heteroatoms. The van der Waals surface area contributed by atoms with Crippen LogP contribution in [0, 0.1) is 11.8 Å². The predicted octanol–water partition coefficient (Wildman–Crippen LogP) is 4.83. The van der Waals surface area contributed by atoms with Crippen molar-refractivity contribution < 1.29 is 18.3 Å². The van der Waals surface area contributed by atoms with E-state index >= 15 is 0 Å². The Kier molecular flexibility index (Phi) is 4.66. The summed E-state index contributed by atoms with van der Waals surface area (Å²) in [7, 11) is 0. The summed E-state index contributed by atoms with van der Waals surface area (Å²) in [4.78, 5) is 0. The van der Waals surface area contributed by atoms with Gasteiger partial charge in [-0.3, -0.25) is 0 Å². The van der Waals surface area contributed by atoms with Gasteiger partial charge in [0.25, 0.3) is 0 Å². The Morgan fingerprint density at radius 1 is 1.24 bits per heavy atom. The van der Waals surface area contributed by atoms with Crippen LogP contribution < -0.4 is 0 Å². The Labute approximate surface area is 124 Å². The molecule has 0 aromatic heterocycles. The predicted molar refractivity (Wildman–Crippen MR) is 76.9 cm³/mol. The summed E-state index contributed by atoms with van der Waals surface area (Å²) in [6.45, 7) is 4.32. The molecule has 0 aliphatic heterocycles. The number of alkyl halides is 3. The first-order chi connectivity index (χ1) is 9.70. The molecule has 1 aliphatic rings. The first-order valence-electron chi connectivity index (χ1n) is 7.58. The summed E-state index contributed by atoms with van der Waals surface area (Å²) in [5.41, 5.74) is -0.635. The second kappa shape index (κ2) is 5.99. The van der Waals surface area contributed by atoms with Crippen molar-refractivity contribution in [2.75, 3.05) is 0 Å². The van der Waals surface area contributed by atoms with Gasteiger partial charge in [0.05, 0.1) is 11.2 Å². The quantitative estimate of drug-likeness (QED) is 0.848. The van der Waals surface area contributed by atoms with Crippen LogP contribution in [0.25, 0.3) is 0 Å². The zero-order valence-electron chi connectivity index (χ0n) is 12.6. The lowest BCUT2D eigenvalue weighted by atomic mass is 9.71. The van der Waals surface area contributed by atoms with E-state index in [4.69, 9.17) is 0 Å². The average molecular weight is 300 g/mol. The van der Waals surface area contributed by atoms with Crippen molar-refractivity contribution >= 4 is 0 Å². The summed E-state index contributed by atoms with van der Waals surface area (Å²) in [6.07, 6.45) is -0.271. The van der Waals surface area contributed by atoms with Gasteiger partial charge < -0.3 is 5.11 Å². The van der Waals surface area contributed by atoms with Crippen molar-refractivity contribution in [3.63, 3.8) is 0 Å². The van der Waals surface area contributed by atoms with E-state index in [0.29, 0.717) is 18.3 Å². The third-order valence-corrected chi connectivity index (χ3v) is 4.62. The monoisotopic (exact) mass is 300 g/mol. The Hall–Kier alpha value is -1.03. The van der Waals surface area contributed by atoms with Crippen LogP contribution >= 0.6 is 0 Å². The normalized spacial score (nSPS) is 27.1. The fourth-order valence-electron chi connectivity index (χ4n) is 3.31. The van der Waals surface area contributed by atoms with Gasteiger partial charge in [0.1, 0.15) is 0 Å². The highest BCUT2D eigenvalue weighted by Crippen LogP contribution is 2.38. The van der Waals surface area contributed by atoms with Crippen LogP contribution in [0.3, 0.4) is 0 Å². The average Bonchev–Trinajstić information content (AvgIpc) is 2.37. The van der Waals surface area contributed by atoms with E-state index in [2.05, 4.69) is 13.8 Å². The molecular formula is C17H23F3O. The maximum Gasteiger partial charge on any atom is 0.416 e. The molecule has 1 aliphatic carbocycles. The minimum atomic E-state index is -4.30. The van der Waals surface area contributed by atoms with Gasteiger partial charge in [-0.15, -0.1) is 0 Å². The van der Waals surface area contributed by atoms with E-state index in [1.807, 2.05) is 0 Å². The lowest BCUT2D eigenvalue weighted by Crippen LogP contribution is -2.38. The van der Waals surface area contributed by atoms with E-state index < -0.39 is 17.3 Å². The fourth-order valence-corrected chi connectivity index (χ4v) is 3.31. The smallest absolute Gasteiger partial charge is 0.390 e. The molecule has 0 amide bonds. The lowest BCUT2D eigenvalue weighted by Gasteiger charge is -2.38. The molecule has 0 bridgehead atoms. The molecule has 118 valence electrons. The van der Waals surface area contributed by atoms with Crippen molar-refractivity contribution in [2.24, 2.45) is 11.8 Å². The molecule has 21 heavy (non-hydrogen) atoms. The van der Waals surface area contributed by atoms with Crippen molar-refractivity contribution in [2.45, 2.75) is 57.7 Å². The number of hydrogen-bond acceptors (Lipinski definition) is 1. The largest absolute Gasteiger partial charge is 0.416 e. The van der Waals surface area contributed by atoms with Crippen LogP contribution in [0.15, 0.2) is 24.3 Å². The Balaban J connectivity index is 2.06. The molecule has 1 N–H and O–H groups in total. The van der Waals surface area contributed by atoms with Crippen molar-refractivity contribution in [1.29, 1.82) is 0 Å². The molecule has 0 spiro atoms. The van der Waals surface area contributed by atoms with Gasteiger partial charge in [-0.1, -0.05) is 32.4 Å². The van der Waals surface area contributed by atoms with Crippen molar-refractivity contribution in [1.82, 2.24) is 0 Å². The van der Waals surface area contributed by atoms with E-state index in [0.717, 1.165) is 43.4 Å². The highest BCUT2D eigenvalue weighted by atomic mass is 19.4. The lowest BCUT2D eigenvalue weighted by molar-refractivity contribution is -0.137. The first kappa shape index (κ1) is 16.3. The van der Waals surface area contributed by atoms with Gasteiger partial charge in [-0.2, -0.15) is 13.2 Å². The Morgan fingerprint density at radius 2 is 1.86 bits per heavy atom. The molecule has 1 fully saturated rings. The summed E-state index contributed by atoms with van der Waals surface area (Å²) in [6, 6.07) is 5.17. The van der Waals surface area contributed by atoms with Crippen LogP contribution in [0.5, 0.6) is 0 Å². The van der Waals surface area contributed by atoms with Gasteiger partial charge in [-0.25, -0.2) is 0 Å². The first-order valence-corrected chi connectivity index (χ1v) is 7.58. The standard InChI is InChI=1S/C17H23F3O/c1-12(2)14-4-3-9-16(21,11-14)10-13-5-7-15(8-6-13)17(18,19)20/h5-8,12,14,21H,3-4,9-11H2,1-2H3. The molecule has 2 rings (SSSR count). The molecule has 0 saturated heterocycles. The molecule has 0 heterocycles. The summed E-state index contributed by atoms with van der Waals surface area (Å²) in [5.74, 6) is 1.03. The molecule has 1 nitrogen and oxygen atoms in total. The van der Waals surface area contributed by atoms with Gasteiger partial charge in [0.2, 0.25) is 0 Å². The van der Waals surface area contributed by atoms with E-state index in [9.17, 15) is 18.3 Å². The molecule has 0 radical (unpaired) electrons. The van der Waals surface area contributed by atoms with Gasteiger partial charge >= 0.3 is 6.18 Å². The van der Waals surface area contributed by atoms with E-state index in [1.54, 1.807) is 0 Å². The highest BCUT2D eigenvalue weighted by Gasteiger charge is 2.36. The third kappa shape index (κ3) is 4.22. The Morgan fingerprint density at radius 3 is 2.38 bits per heavy atom. The third-order valence-electron chi connectivity index (χ3n) is 4.62. The molecule has 1 aromatic rings. The van der Waals surface area contributed by atoms with Gasteiger partial charge in [-0.05, 0) is 48.8 Å². The van der Waals surface area contributed by atoms with Crippen molar-refractivity contribution in [3.05, 3.63) is 35.4 Å². The summed E-state index contributed by atoms with van der Waals surface area (Å²) < 4.78 is 37.6. The van der Waals surface area contributed by atoms with Crippen LogP contribution in [0.4, 0.5) is 13.2 Å². The van der Waals surface area contributed by atoms with Crippen LogP contribution in [-0.4, -0.2) is 10.7 Å². The van der Waals surface area contributed by atoms with Crippen LogP contribution in [0.2, 0.25) is 0 Å².